The van der Waals surface area contributed by atoms with E-state index in [1.54, 1.807) is 0 Å². The van der Waals surface area contributed by atoms with E-state index in [9.17, 15) is 4.79 Å². The first-order valence-corrected chi connectivity index (χ1v) is 13.2. The van der Waals surface area contributed by atoms with E-state index in [-0.39, 0.29) is 11.8 Å². The maximum atomic E-state index is 13.6. The summed E-state index contributed by atoms with van der Waals surface area (Å²) in [5, 5.41) is 15.4. The molecule has 3 aromatic heterocycles. The lowest BCUT2D eigenvalue weighted by Gasteiger charge is -2.32. The predicted molar refractivity (Wildman–Crippen MR) is 134 cm³/mol. The van der Waals surface area contributed by atoms with Crippen molar-refractivity contribution < 1.29 is 4.79 Å². The van der Waals surface area contributed by atoms with E-state index in [1.807, 2.05) is 46.8 Å². The lowest BCUT2D eigenvalue weighted by molar-refractivity contribution is 0.0708. The Kier molecular flexibility index (Phi) is 5.65. The maximum Gasteiger partial charge on any atom is 0.264 e. The fourth-order valence-electron chi connectivity index (χ4n) is 5.28. The molecule has 6 rings (SSSR count). The van der Waals surface area contributed by atoms with Gasteiger partial charge in [-0.1, -0.05) is 30.2 Å². The van der Waals surface area contributed by atoms with Gasteiger partial charge in [0.25, 0.3) is 5.91 Å². The van der Waals surface area contributed by atoms with E-state index in [0.717, 1.165) is 70.5 Å². The Bertz CT molecular complexity index is 1370. The topological polar surface area (TPSA) is 68.8 Å². The molecule has 176 valence electrons. The molecule has 0 saturated carbocycles. The van der Waals surface area contributed by atoms with E-state index < -0.39 is 0 Å². The molecule has 0 aliphatic carbocycles. The highest BCUT2D eigenvalue weighted by atomic mass is 35.5. The molecule has 0 radical (unpaired) electrons. The van der Waals surface area contributed by atoms with Crippen LogP contribution in [0.2, 0.25) is 5.02 Å². The van der Waals surface area contributed by atoms with Gasteiger partial charge in [-0.3, -0.25) is 4.79 Å². The van der Waals surface area contributed by atoms with Crippen LogP contribution in [0.25, 0.3) is 15.9 Å². The number of benzene rings is 1. The normalized spacial score (nSPS) is 18.8. The van der Waals surface area contributed by atoms with E-state index >= 15 is 0 Å². The lowest BCUT2D eigenvalue weighted by Crippen LogP contribution is -2.39. The van der Waals surface area contributed by atoms with E-state index in [2.05, 4.69) is 19.9 Å². The SMILES string of the molecule is Cc1nn(-c2ccccc2Cl)c2sc(C(=O)N3CCCC(c4nnc5n4CCCCC5)C3)cc12. The molecule has 1 saturated heterocycles. The third-order valence-corrected chi connectivity index (χ3v) is 8.47. The van der Waals surface area contributed by atoms with Gasteiger partial charge in [0.05, 0.1) is 21.3 Å². The van der Waals surface area contributed by atoms with Crippen molar-refractivity contribution >= 4 is 39.1 Å². The van der Waals surface area contributed by atoms with Gasteiger partial charge in [0.15, 0.2) is 0 Å². The number of likely N-dealkylation sites (tertiary alicyclic amines) is 1. The standard InChI is InChI=1S/C25H27ClN6OS/c1-16-18-14-21(34-25(18)32(29-16)20-10-5-4-9-19(20)26)24(33)30-12-7-8-17(15-30)23-28-27-22-11-3-2-6-13-31(22)23/h4-5,9-10,14,17H,2-3,6-8,11-13,15H2,1H3. The van der Waals surface area contributed by atoms with Crippen molar-refractivity contribution in [3.05, 3.63) is 57.6 Å². The monoisotopic (exact) mass is 494 g/mol. The zero-order chi connectivity index (χ0) is 23.2. The number of carbonyl (C=O) groups is 1. The van der Waals surface area contributed by atoms with Crippen LogP contribution in [-0.2, 0) is 13.0 Å². The Hall–Kier alpha value is -2.71. The van der Waals surface area contributed by atoms with Gasteiger partial charge in [0.2, 0.25) is 0 Å². The third kappa shape index (κ3) is 3.73. The first-order chi connectivity index (χ1) is 16.6. The van der Waals surface area contributed by atoms with E-state index in [4.69, 9.17) is 11.6 Å². The Balaban J connectivity index is 1.28. The molecule has 1 unspecified atom stereocenters. The summed E-state index contributed by atoms with van der Waals surface area (Å²) >= 11 is 7.93. The minimum Gasteiger partial charge on any atom is -0.337 e. The number of para-hydroxylation sites is 1. The zero-order valence-electron chi connectivity index (χ0n) is 19.2. The van der Waals surface area contributed by atoms with Crippen molar-refractivity contribution in [2.45, 2.75) is 57.9 Å². The number of hydrogen-bond acceptors (Lipinski definition) is 5. The second kappa shape index (κ2) is 8.82. The van der Waals surface area contributed by atoms with Crippen molar-refractivity contribution in [2.24, 2.45) is 0 Å². The average molecular weight is 495 g/mol. The van der Waals surface area contributed by atoms with E-state index in [1.165, 1.54) is 30.6 Å². The average Bonchev–Trinajstić information content (AvgIpc) is 3.49. The van der Waals surface area contributed by atoms with Gasteiger partial charge in [0, 0.05) is 37.4 Å². The van der Waals surface area contributed by atoms with Crippen LogP contribution in [0.4, 0.5) is 0 Å². The molecule has 4 aromatic rings. The first kappa shape index (κ1) is 21.8. The number of rotatable bonds is 3. The minimum absolute atomic E-state index is 0.0895. The minimum atomic E-state index is 0.0895. The van der Waals surface area contributed by atoms with Crippen molar-refractivity contribution in [3.8, 4) is 5.69 Å². The molecule has 1 aromatic carbocycles. The molecule has 1 amide bonds. The highest BCUT2D eigenvalue weighted by Gasteiger charge is 2.31. The molecule has 7 nitrogen and oxygen atoms in total. The van der Waals surface area contributed by atoms with Crippen molar-refractivity contribution in [3.63, 3.8) is 0 Å². The fourth-order valence-corrected chi connectivity index (χ4v) is 6.64. The smallest absolute Gasteiger partial charge is 0.264 e. The highest BCUT2D eigenvalue weighted by molar-refractivity contribution is 7.20. The Labute approximate surface area is 207 Å². The number of halogens is 1. The molecule has 1 fully saturated rings. The van der Waals surface area contributed by atoms with Gasteiger partial charge in [-0.05, 0) is 50.8 Å². The first-order valence-electron chi connectivity index (χ1n) is 12.1. The molecular formula is C25H27ClN6OS. The summed E-state index contributed by atoms with van der Waals surface area (Å²) in [5.74, 6) is 2.51. The van der Waals surface area contributed by atoms with Crippen LogP contribution in [0.5, 0.6) is 0 Å². The summed E-state index contributed by atoms with van der Waals surface area (Å²) in [4.78, 5) is 17.3. The summed E-state index contributed by atoms with van der Waals surface area (Å²) in [6, 6.07) is 9.65. The second-order valence-corrected chi connectivity index (χ2v) is 10.7. The van der Waals surface area contributed by atoms with Gasteiger partial charge in [-0.25, -0.2) is 4.68 Å². The number of piperidine rings is 1. The summed E-state index contributed by atoms with van der Waals surface area (Å²) in [6.07, 6.45) is 6.65. The van der Waals surface area contributed by atoms with Gasteiger partial charge >= 0.3 is 0 Å². The van der Waals surface area contributed by atoms with Crippen molar-refractivity contribution in [1.82, 2.24) is 29.4 Å². The number of amides is 1. The molecular weight excluding hydrogens is 468 g/mol. The zero-order valence-corrected chi connectivity index (χ0v) is 20.8. The number of thiophene rings is 1. The third-order valence-electron chi connectivity index (χ3n) is 7.05. The fraction of sp³-hybridized carbons (Fsp3) is 0.440. The molecule has 0 spiro atoms. The van der Waals surface area contributed by atoms with Crippen LogP contribution < -0.4 is 0 Å². The predicted octanol–water partition coefficient (Wildman–Crippen LogP) is 5.39. The molecule has 0 N–H and O–H groups in total. The molecule has 34 heavy (non-hydrogen) atoms. The van der Waals surface area contributed by atoms with Gasteiger partial charge in [0.1, 0.15) is 16.5 Å². The number of aryl methyl sites for hydroxylation is 2. The number of hydrogen-bond donors (Lipinski definition) is 0. The quantitative estimate of drug-likeness (QED) is 0.383. The number of aromatic nitrogens is 5. The van der Waals surface area contributed by atoms with Crippen LogP contribution >= 0.6 is 22.9 Å². The second-order valence-electron chi connectivity index (χ2n) is 9.31. The summed E-state index contributed by atoms with van der Waals surface area (Å²) in [6.45, 7) is 4.45. The molecule has 5 heterocycles. The number of fused-ring (bicyclic) bond motifs is 2. The highest BCUT2D eigenvalue weighted by Crippen LogP contribution is 2.34. The summed E-state index contributed by atoms with van der Waals surface area (Å²) < 4.78 is 4.19. The lowest BCUT2D eigenvalue weighted by atomic mass is 9.97. The van der Waals surface area contributed by atoms with Gasteiger partial charge in [-0.2, -0.15) is 5.10 Å². The number of nitrogens with zero attached hydrogens (tertiary/aromatic N) is 6. The van der Waals surface area contributed by atoms with Gasteiger partial charge < -0.3 is 9.47 Å². The van der Waals surface area contributed by atoms with Crippen LogP contribution in [0, 0.1) is 6.92 Å². The molecule has 2 aliphatic heterocycles. The van der Waals surface area contributed by atoms with Crippen LogP contribution in [0.1, 0.15) is 65.0 Å². The number of carbonyl (C=O) groups excluding carboxylic acids is 1. The Morgan fingerprint density at radius 1 is 1.12 bits per heavy atom. The molecule has 2 aliphatic rings. The van der Waals surface area contributed by atoms with E-state index in [0.29, 0.717) is 11.6 Å². The molecule has 1 atom stereocenters. The summed E-state index contributed by atoms with van der Waals surface area (Å²) in [5.41, 5.74) is 1.72. The maximum absolute atomic E-state index is 13.6. The van der Waals surface area contributed by atoms with Crippen molar-refractivity contribution in [1.29, 1.82) is 0 Å². The largest absolute Gasteiger partial charge is 0.337 e. The van der Waals surface area contributed by atoms with Crippen LogP contribution in [0.3, 0.4) is 0 Å². The van der Waals surface area contributed by atoms with Crippen LogP contribution in [-0.4, -0.2) is 48.4 Å². The molecule has 0 bridgehead atoms. The van der Waals surface area contributed by atoms with Crippen LogP contribution in [0.15, 0.2) is 30.3 Å². The van der Waals surface area contributed by atoms with Gasteiger partial charge in [-0.15, -0.1) is 21.5 Å². The Morgan fingerprint density at radius 3 is 2.88 bits per heavy atom. The summed E-state index contributed by atoms with van der Waals surface area (Å²) in [7, 11) is 0. The molecule has 9 heteroatoms. The van der Waals surface area contributed by atoms with Crippen molar-refractivity contribution in [2.75, 3.05) is 13.1 Å². The Morgan fingerprint density at radius 2 is 2.00 bits per heavy atom.